The molecular weight excluding hydrogens is 222 g/mol. The third-order valence-corrected chi connectivity index (χ3v) is 2.28. The van der Waals surface area contributed by atoms with Gasteiger partial charge in [0, 0.05) is 17.4 Å². The van der Waals surface area contributed by atoms with Gasteiger partial charge >= 0.3 is 0 Å². The van der Waals surface area contributed by atoms with Crippen molar-refractivity contribution in [3.63, 3.8) is 0 Å². The second-order valence-electron chi connectivity index (χ2n) is 3.09. The third-order valence-electron chi connectivity index (χ3n) is 2.11. The van der Waals surface area contributed by atoms with Crippen LogP contribution < -0.4 is 4.29 Å². The number of aliphatic hydroxyl groups is 1. The average molecular weight is 232 g/mol. The smallest absolute Gasteiger partial charge is 0.240 e. The Morgan fingerprint density at radius 2 is 2.13 bits per heavy atom. The molecule has 5 nitrogen and oxygen atoms in total. The Labute approximate surface area is 91.6 Å². The standard InChI is InChI=1S/C9H10ClNO4/c1-6(11(13)14)9(12)7-4-2-3-5-8(7)15-10/h2-6,9,12H,1H3. The van der Waals surface area contributed by atoms with Crippen LogP contribution in [-0.4, -0.2) is 16.1 Å². The maximum Gasteiger partial charge on any atom is 0.240 e. The number of para-hydroxylation sites is 1. The zero-order valence-electron chi connectivity index (χ0n) is 7.96. The van der Waals surface area contributed by atoms with E-state index in [2.05, 4.69) is 4.29 Å². The van der Waals surface area contributed by atoms with Crippen LogP contribution in [0.15, 0.2) is 24.3 Å². The Bertz CT molecular complexity index is 358. The number of benzene rings is 1. The number of halogens is 1. The summed E-state index contributed by atoms with van der Waals surface area (Å²) in [4.78, 5) is 9.93. The van der Waals surface area contributed by atoms with E-state index < -0.39 is 17.1 Å². The lowest BCUT2D eigenvalue weighted by Crippen LogP contribution is -2.24. The molecule has 1 aromatic carbocycles. The van der Waals surface area contributed by atoms with Crippen LogP contribution in [0.2, 0.25) is 0 Å². The van der Waals surface area contributed by atoms with Crippen LogP contribution in [0.5, 0.6) is 5.75 Å². The van der Waals surface area contributed by atoms with Gasteiger partial charge in [0.25, 0.3) is 0 Å². The number of hydrogen-bond acceptors (Lipinski definition) is 4. The van der Waals surface area contributed by atoms with Crippen molar-refractivity contribution >= 4 is 11.9 Å². The molecule has 0 amide bonds. The molecule has 0 aliphatic rings. The molecule has 82 valence electrons. The van der Waals surface area contributed by atoms with E-state index in [1.54, 1.807) is 12.1 Å². The normalized spacial score (nSPS) is 14.3. The van der Waals surface area contributed by atoms with Crippen molar-refractivity contribution in [2.45, 2.75) is 19.1 Å². The fourth-order valence-corrected chi connectivity index (χ4v) is 1.31. The summed E-state index contributed by atoms with van der Waals surface area (Å²) in [7, 11) is 0. The van der Waals surface area contributed by atoms with Crippen molar-refractivity contribution in [2.75, 3.05) is 0 Å². The van der Waals surface area contributed by atoms with Gasteiger partial charge in [-0.05, 0) is 6.07 Å². The molecule has 1 N–H and O–H groups in total. The Morgan fingerprint density at radius 3 is 2.67 bits per heavy atom. The molecule has 0 radical (unpaired) electrons. The van der Waals surface area contributed by atoms with Gasteiger partial charge in [-0.2, -0.15) is 0 Å². The maximum absolute atomic E-state index is 10.5. The maximum atomic E-state index is 10.5. The van der Waals surface area contributed by atoms with Gasteiger partial charge in [-0.3, -0.25) is 10.1 Å². The van der Waals surface area contributed by atoms with Gasteiger partial charge in [0.05, 0.1) is 0 Å². The fourth-order valence-electron chi connectivity index (χ4n) is 1.17. The molecule has 1 aromatic rings. The lowest BCUT2D eigenvalue weighted by Gasteiger charge is -2.14. The van der Waals surface area contributed by atoms with Gasteiger partial charge in [0.1, 0.15) is 18.0 Å². The Balaban J connectivity index is 2.99. The number of nitro groups is 1. The van der Waals surface area contributed by atoms with Gasteiger partial charge in [-0.1, -0.05) is 18.2 Å². The van der Waals surface area contributed by atoms with Crippen molar-refractivity contribution in [2.24, 2.45) is 0 Å². The predicted molar refractivity (Wildman–Crippen MR) is 54.3 cm³/mol. The number of nitrogens with zero attached hydrogens (tertiary/aromatic N) is 1. The summed E-state index contributed by atoms with van der Waals surface area (Å²) in [5.74, 6) is 0.223. The molecule has 0 aromatic heterocycles. The minimum Gasteiger partial charge on any atom is -0.385 e. The molecule has 0 saturated carbocycles. The monoisotopic (exact) mass is 231 g/mol. The Kier molecular flexibility index (Phi) is 3.88. The van der Waals surface area contributed by atoms with Crippen LogP contribution in [0.3, 0.4) is 0 Å². The van der Waals surface area contributed by atoms with Crippen LogP contribution in [0.1, 0.15) is 18.6 Å². The van der Waals surface area contributed by atoms with Gasteiger partial charge in [0.15, 0.2) is 5.75 Å². The zero-order valence-corrected chi connectivity index (χ0v) is 8.72. The van der Waals surface area contributed by atoms with Gasteiger partial charge < -0.3 is 9.40 Å². The Hall–Kier alpha value is -1.33. The van der Waals surface area contributed by atoms with Gasteiger partial charge in [-0.25, -0.2) is 0 Å². The van der Waals surface area contributed by atoms with E-state index in [1.807, 2.05) is 0 Å². The largest absolute Gasteiger partial charge is 0.385 e. The summed E-state index contributed by atoms with van der Waals surface area (Å²) in [5, 5.41) is 20.2. The summed E-state index contributed by atoms with van der Waals surface area (Å²) in [6.07, 6.45) is -1.24. The highest BCUT2D eigenvalue weighted by molar-refractivity contribution is 6.09. The minimum atomic E-state index is -1.24. The highest BCUT2D eigenvalue weighted by Gasteiger charge is 2.28. The van der Waals surface area contributed by atoms with Crippen molar-refractivity contribution < 1.29 is 14.3 Å². The topological polar surface area (TPSA) is 72.6 Å². The molecule has 0 aliphatic heterocycles. The zero-order chi connectivity index (χ0) is 11.4. The van der Waals surface area contributed by atoms with Crippen molar-refractivity contribution in [1.82, 2.24) is 0 Å². The SMILES string of the molecule is CC(C(O)c1ccccc1OCl)[N+](=O)[O-]. The summed E-state index contributed by atoms with van der Waals surface area (Å²) in [6.45, 7) is 1.32. The molecule has 1 rings (SSSR count). The molecule has 2 unspecified atom stereocenters. The number of rotatable bonds is 4. The van der Waals surface area contributed by atoms with Crippen LogP contribution in [0.4, 0.5) is 0 Å². The highest BCUT2D eigenvalue weighted by Crippen LogP contribution is 2.28. The molecule has 0 fully saturated rings. The van der Waals surface area contributed by atoms with E-state index >= 15 is 0 Å². The third kappa shape index (κ3) is 2.57. The first kappa shape index (κ1) is 11.7. The van der Waals surface area contributed by atoms with Gasteiger partial charge in [0.2, 0.25) is 6.04 Å². The summed E-state index contributed by atoms with van der Waals surface area (Å²) >= 11 is 5.18. The molecular formula is C9H10ClNO4. The van der Waals surface area contributed by atoms with E-state index in [0.717, 1.165) is 0 Å². The molecule has 0 bridgehead atoms. The van der Waals surface area contributed by atoms with E-state index in [9.17, 15) is 15.2 Å². The first-order valence-electron chi connectivity index (χ1n) is 4.27. The van der Waals surface area contributed by atoms with Crippen molar-refractivity contribution in [3.05, 3.63) is 39.9 Å². The van der Waals surface area contributed by atoms with E-state index in [1.165, 1.54) is 19.1 Å². The molecule has 0 heterocycles. The molecule has 6 heteroatoms. The van der Waals surface area contributed by atoms with Gasteiger partial charge in [-0.15, -0.1) is 0 Å². The first-order valence-corrected chi connectivity index (χ1v) is 4.58. The summed E-state index contributed by atoms with van der Waals surface area (Å²) < 4.78 is 4.49. The lowest BCUT2D eigenvalue weighted by molar-refractivity contribution is -0.531. The van der Waals surface area contributed by atoms with E-state index in [4.69, 9.17) is 11.9 Å². The number of aliphatic hydroxyl groups excluding tert-OH is 1. The highest BCUT2D eigenvalue weighted by atomic mass is 35.5. The molecule has 2 atom stereocenters. The average Bonchev–Trinajstić information content (AvgIpc) is 2.26. The summed E-state index contributed by atoms with van der Waals surface area (Å²) in [6, 6.07) is 5.24. The predicted octanol–water partition coefficient (Wildman–Crippen LogP) is 1.92. The quantitative estimate of drug-likeness (QED) is 0.635. The fraction of sp³-hybridized carbons (Fsp3) is 0.333. The van der Waals surface area contributed by atoms with E-state index in [0.29, 0.717) is 5.56 Å². The van der Waals surface area contributed by atoms with Crippen molar-refractivity contribution in [3.8, 4) is 5.75 Å². The second kappa shape index (κ2) is 4.95. The van der Waals surface area contributed by atoms with E-state index in [-0.39, 0.29) is 5.75 Å². The molecule has 0 aliphatic carbocycles. The second-order valence-corrected chi connectivity index (χ2v) is 3.24. The van der Waals surface area contributed by atoms with Crippen LogP contribution in [0.25, 0.3) is 0 Å². The molecule has 15 heavy (non-hydrogen) atoms. The summed E-state index contributed by atoms with van der Waals surface area (Å²) in [5.41, 5.74) is 0.303. The molecule has 0 spiro atoms. The lowest BCUT2D eigenvalue weighted by atomic mass is 10.0. The minimum absolute atomic E-state index is 0.223. The first-order chi connectivity index (χ1) is 7.07. The van der Waals surface area contributed by atoms with Crippen LogP contribution >= 0.6 is 11.9 Å². The van der Waals surface area contributed by atoms with Crippen molar-refractivity contribution in [1.29, 1.82) is 0 Å². The molecule has 0 saturated heterocycles. The van der Waals surface area contributed by atoms with Crippen LogP contribution in [0, 0.1) is 10.1 Å². The van der Waals surface area contributed by atoms with Crippen LogP contribution in [-0.2, 0) is 0 Å². The Morgan fingerprint density at radius 1 is 1.53 bits per heavy atom. The number of hydrogen-bond donors (Lipinski definition) is 1.